The van der Waals surface area contributed by atoms with Crippen molar-refractivity contribution in [2.45, 2.75) is 0 Å². The van der Waals surface area contributed by atoms with E-state index in [2.05, 4.69) is 16.0 Å². The number of ether oxygens (including phenoxy) is 1. The number of hydrogen-bond acceptors (Lipinski definition) is 4. The Balaban J connectivity index is 1.59. The first kappa shape index (κ1) is 16.1. The fourth-order valence-electron chi connectivity index (χ4n) is 2.81. The standard InChI is InChI=1S/C19H21N3O2/c1-24-18-7-3-2-6-17(18)21-11-13-22(14-12-21)19(23)9-8-16-5-4-10-20-15-16/h2-10,15H,11-14H2,1H3/b9-8+. The van der Waals surface area contributed by atoms with Gasteiger partial charge in [0, 0.05) is 44.6 Å². The normalized spacial score (nSPS) is 14.9. The van der Waals surface area contributed by atoms with Gasteiger partial charge in [-0.05, 0) is 29.8 Å². The number of pyridine rings is 1. The van der Waals surface area contributed by atoms with Gasteiger partial charge in [-0.3, -0.25) is 9.78 Å². The minimum Gasteiger partial charge on any atom is -0.495 e. The lowest BCUT2D eigenvalue weighted by Gasteiger charge is -2.36. The molecule has 1 aromatic carbocycles. The third-order valence-electron chi connectivity index (χ3n) is 4.12. The molecule has 0 radical (unpaired) electrons. The first-order valence-corrected chi connectivity index (χ1v) is 8.03. The Kier molecular flexibility index (Phi) is 5.11. The molecule has 0 atom stereocenters. The molecule has 1 aromatic heterocycles. The summed E-state index contributed by atoms with van der Waals surface area (Å²) in [6.07, 6.45) is 6.89. The van der Waals surface area contributed by atoms with Crippen LogP contribution in [0.25, 0.3) is 6.08 Å². The van der Waals surface area contributed by atoms with Crippen molar-refractivity contribution >= 4 is 17.7 Å². The van der Waals surface area contributed by atoms with Crippen LogP contribution in [-0.2, 0) is 4.79 Å². The van der Waals surface area contributed by atoms with Crippen molar-refractivity contribution < 1.29 is 9.53 Å². The third-order valence-corrected chi connectivity index (χ3v) is 4.12. The molecule has 0 N–H and O–H groups in total. The average Bonchev–Trinajstić information content (AvgIpc) is 2.67. The number of rotatable bonds is 4. The lowest BCUT2D eigenvalue weighted by atomic mass is 10.2. The quantitative estimate of drug-likeness (QED) is 0.811. The Morgan fingerprint density at radius 1 is 1.12 bits per heavy atom. The molecule has 0 unspecified atom stereocenters. The monoisotopic (exact) mass is 323 g/mol. The van der Waals surface area contributed by atoms with Gasteiger partial charge in [-0.2, -0.15) is 0 Å². The first-order chi connectivity index (χ1) is 11.8. The van der Waals surface area contributed by atoms with Crippen molar-refractivity contribution in [2.24, 2.45) is 0 Å². The van der Waals surface area contributed by atoms with Crippen molar-refractivity contribution in [3.63, 3.8) is 0 Å². The summed E-state index contributed by atoms with van der Waals surface area (Å²) in [5, 5.41) is 0. The molecule has 0 aliphatic carbocycles. The summed E-state index contributed by atoms with van der Waals surface area (Å²) in [5.74, 6) is 0.910. The number of methoxy groups -OCH3 is 1. The zero-order chi connectivity index (χ0) is 16.8. The molecule has 0 saturated carbocycles. The summed E-state index contributed by atoms with van der Waals surface area (Å²) in [6, 6.07) is 11.8. The number of aromatic nitrogens is 1. The van der Waals surface area contributed by atoms with Crippen LogP contribution in [0.3, 0.4) is 0 Å². The number of amides is 1. The number of hydrogen-bond donors (Lipinski definition) is 0. The van der Waals surface area contributed by atoms with Crippen molar-refractivity contribution in [3.05, 3.63) is 60.4 Å². The van der Waals surface area contributed by atoms with E-state index in [4.69, 9.17) is 4.74 Å². The van der Waals surface area contributed by atoms with E-state index in [0.717, 1.165) is 30.1 Å². The lowest BCUT2D eigenvalue weighted by molar-refractivity contribution is -0.126. The maximum atomic E-state index is 12.3. The molecule has 24 heavy (non-hydrogen) atoms. The van der Waals surface area contributed by atoms with Crippen LogP contribution in [0.4, 0.5) is 5.69 Å². The Bertz CT molecular complexity index is 708. The van der Waals surface area contributed by atoms with Gasteiger partial charge in [0.25, 0.3) is 0 Å². The van der Waals surface area contributed by atoms with Gasteiger partial charge < -0.3 is 14.5 Å². The molecule has 2 aromatic rings. The van der Waals surface area contributed by atoms with Crippen LogP contribution in [0.2, 0.25) is 0 Å². The molecule has 1 fully saturated rings. The zero-order valence-electron chi connectivity index (χ0n) is 13.8. The van der Waals surface area contributed by atoms with Gasteiger partial charge in [0.1, 0.15) is 5.75 Å². The van der Waals surface area contributed by atoms with Crippen molar-refractivity contribution in [2.75, 3.05) is 38.2 Å². The number of piperazine rings is 1. The van der Waals surface area contributed by atoms with E-state index >= 15 is 0 Å². The minimum absolute atomic E-state index is 0.0403. The number of carbonyl (C=O) groups excluding carboxylic acids is 1. The highest BCUT2D eigenvalue weighted by Gasteiger charge is 2.21. The van der Waals surface area contributed by atoms with Crippen molar-refractivity contribution in [3.8, 4) is 5.75 Å². The highest BCUT2D eigenvalue weighted by molar-refractivity contribution is 5.91. The van der Waals surface area contributed by atoms with Gasteiger partial charge in [0.15, 0.2) is 0 Å². The fraction of sp³-hybridized carbons (Fsp3) is 0.263. The summed E-state index contributed by atoms with van der Waals surface area (Å²) >= 11 is 0. The molecule has 0 spiro atoms. The molecule has 1 saturated heterocycles. The molecular formula is C19H21N3O2. The van der Waals surface area contributed by atoms with Gasteiger partial charge in [-0.25, -0.2) is 0 Å². The van der Waals surface area contributed by atoms with Crippen LogP contribution < -0.4 is 9.64 Å². The molecule has 1 aliphatic rings. The van der Waals surface area contributed by atoms with E-state index in [1.807, 2.05) is 41.3 Å². The molecule has 1 amide bonds. The highest BCUT2D eigenvalue weighted by Crippen LogP contribution is 2.28. The molecule has 124 valence electrons. The second-order valence-corrected chi connectivity index (χ2v) is 5.60. The SMILES string of the molecule is COc1ccccc1N1CCN(C(=O)/C=C/c2cccnc2)CC1. The second kappa shape index (κ2) is 7.64. The summed E-state index contributed by atoms with van der Waals surface area (Å²) in [4.78, 5) is 20.5. The van der Waals surface area contributed by atoms with Gasteiger partial charge >= 0.3 is 0 Å². The fourth-order valence-corrected chi connectivity index (χ4v) is 2.81. The van der Waals surface area contributed by atoms with Crippen LogP contribution in [0.15, 0.2) is 54.9 Å². The minimum atomic E-state index is 0.0403. The molecule has 5 heteroatoms. The maximum Gasteiger partial charge on any atom is 0.246 e. The van der Waals surface area contributed by atoms with Crippen molar-refractivity contribution in [1.29, 1.82) is 0 Å². The Morgan fingerprint density at radius 3 is 2.62 bits per heavy atom. The smallest absolute Gasteiger partial charge is 0.246 e. The molecular weight excluding hydrogens is 302 g/mol. The molecule has 1 aliphatic heterocycles. The average molecular weight is 323 g/mol. The van der Waals surface area contributed by atoms with Gasteiger partial charge in [0.2, 0.25) is 5.91 Å². The third kappa shape index (κ3) is 3.74. The van der Waals surface area contributed by atoms with E-state index in [-0.39, 0.29) is 5.91 Å². The largest absolute Gasteiger partial charge is 0.495 e. The maximum absolute atomic E-state index is 12.3. The number of nitrogens with zero attached hydrogens (tertiary/aromatic N) is 3. The summed E-state index contributed by atoms with van der Waals surface area (Å²) in [5.41, 5.74) is 2.01. The summed E-state index contributed by atoms with van der Waals surface area (Å²) in [7, 11) is 1.68. The topological polar surface area (TPSA) is 45.7 Å². The zero-order valence-corrected chi connectivity index (χ0v) is 13.8. The Labute approximate surface area is 142 Å². The van der Waals surface area contributed by atoms with Crippen molar-refractivity contribution in [1.82, 2.24) is 9.88 Å². The van der Waals surface area contributed by atoms with Crippen LogP contribution in [-0.4, -0.2) is 49.1 Å². The van der Waals surface area contributed by atoms with Crippen LogP contribution in [0.1, 0.15) is 5.56 Å². The number of anilines is 1. The van der Waals surface area contributed by atoms with Gasteiger partial charge in [-0.1, -0.05) is 18.2 Å². The predicted octanol–water partition coefficient (Wildman–Crippen LogP) is 2.45. The van der Waals surface area contributed by atoms with Crippen LogP contribution in [0, 0.1) is 0 Å². The summed E-state index contributed by atoms with van der Waals surface area (Å²) in [6.45, 7) is 3.00. The number of carbonyl (C=O) groups is 1. The van der Waals surface area contributed by atoms with Crippen LogP contribution >= 0.6 is 0 Å². The molecule has 3 rings (SSSR count). The second-order valence-electron chi connectivity index (χ2n) is 5.60. The van der Waals surface area contributed by atoms with Gasteiger partial charge in [-0.15, -0.1) is 0 Å². The van der Waals surface area contributed by atoms with E-state index < -0.39 is 0 Å². The molecule has 0 bridgehead atoms. The van der Waals surface area contributed by atoms with E-state index in [1.165, 1.54) is 0 Å². The predicted molar refractivity (Wildman–Crippen MR) is 95.1 cm³/mol. The van der Waals surface area contributed by atoms with Gasteiger partial charge in [0.05, 0.1) is 12.8 Å². The summed E-state index contributed by atoms with van der Waals surface area (Å²) < 4.78 is 5.42. The molecule has 5 nitrogen and oxygen atoms in total. The molecule has 2 heterocycles. The lowest BCUT2D eigenvalue weighted by Crippen LogP contribution is -2.48. The Hall–Kier alpha value is -2.82. The number of para-hydroxylation sites is 2. The number of benzene rings is 1. The van der Waals surface area contributed by atoms with Crippen LogP contribution in [0.5, 0.6) is 5.75 Å². The van der Waals surface area contributed by atoms with E-state index in [0.29, 0.717) is 13.1 Å². The van der Waals surface area contributed by atoms with E-state index in [1.54, 1.807) is 25.6 Å². The first-order valence-electron chi connectivity index (χ1n) is 8.03. The van der Waals surface area contributed by atoms with E-state index in [9.17, 15) is 4.79 Å². The highest BCUT2D eigenvalue weighted by atomic mass is 16.5. The Morgan fingerprint density at radius 2 is 1.92 bits per heavy atom.